The van der Waals surface area contributed by atoms with Crippen molar-refractivity contribution in [1.82, 2.24) is 5.01 Å². The minimum absolute atomic E-state index is 0.0813. The first-order valence-electron chi connectivity index (χ1n) is 8.48. The standard InChI is InChI=1S/C20H22N2O4/c1-4-20(24)22-18(13-9-14(25-2)11-15(10-13)26-3)12-17(21-22)16-7-5-6-8-19(16)23/h5-11,18,23H,4,12H2,1-3H3. The molecule has 3 rings (SSSR count). The highest BCUT2D eigenvalue weighted by molar-refractivity contribution is 6.05. The summed E-state index contributed by atoms with van der Waals surface area (Å²) in [6.07, 6.45) is 0.842. The maximum absolute atomic E-state index is 12.5. The molecule has 6 heteroatoms. The number of phenols is 1. The largest absolute Gasteiger partial charge is 0.507 e. The van der Waals surface area contributed by atoms with E-state index >= 15 is 0 Å². The molecule has 2 aromatic carbocycles. The molecule has 1 atom stereocenters. The van der Waals surface area contributed by atoms with E-state index in [1.807, 2.05) is 18.2 Å². The molecule has 0 aliphatic carbocycles. The van der Waals surface area contributed by atoms with E-state index in [1.54, 1.807) is 45.4 Å². The van der Waals surface area contributed by atoms with E-state index in [2.05, 4.69) is 5.10 Å². The lowest BCUT2D eigenvalue weighted by Crippen LogP contribution is -2.26. The molecule has 0 radical (unpaired) electrons. The number of rotatable bonds is 5. The number of aromatic hydroxyl groups is 1. The third kappa shape index (κ3) is 3.35. The van der Waals surface area contributed by atoms with Crippen molar-refractivity contribution in [2.75, 3.05) is 14.2 Å². The summed E-state index contributed by atoms with van der Waals surface area (Å²) in [7, 11) is 3.18. The van der Waals surface area contributed by atoms with Crippen LogP contribution in [0.3, 0.4) is 0 Å². The topological polar surface area (TPSA) is 71.4 Å². The van der Waals surface area contributed by atoms with Gasteiger partial charge in [-0.1, -0.05) is 19.1 Å². The maximum atomic E-state index is 12.5. The van der Waals surface area contributed by atoms with Crippen molar-refractivity contribution >= 4 is 11.6 Å². The van der Waals surface area contributed by atoms with Gasteiger partial charge in [-0.2, -0.15) is 5.10 Å². The quantitative estimate of drug-likeness (QED) is 0.892. The summed E-state index contributed by atoms with van der Waals surface area (Å²) in [5, 5.41) is 16.2. The van der Waals surface area contributed by atoms with E-state index in [0.717, 1.165) is 5.56 Å². The van der Waals surface area contributed by atoms with E-state index in [1.165, 1.54) is 5.01 Å². The van der Waals surface area contributed by atoms with Crippen molar-refractivity contribution in [3.05, 3.63) is 53.6 Å². The van der Waals surface area contributed by atoms with Crippen molar-refractivity contribution in [2.45, 2.75) is 25.8 Å². The van der Waals surface area contributed by atoms with Crippen LogP contribution in [-0.4, -0.2) is 36.0 Å². The number of hydrogen-bond acceptors (Lipinski definition) is 5. The van der Waals surface area contributed by atoms with Crippen LogP contribution >= 0.6 is 0 Å². The van der Waals surface area contributed by atoms with Crippen LogP contribution in [0.1, 0.15) is 36.9 Å². The van der Waals surface area contributed by atoms with Gasteiger partial charge in [-0.15, -0.1) is 0 Å². The van der Waals surface area contributed by atoms with E-state index in [4.69, 9.17) is 9.47 Å². The average Bonchev–Trinajstić information content (AvgIpc) is 3.12. The molecule has 1 amide bonds. The number of ether oxygens (including phenoxy) is 2. The Hall–Kier alpha value is -3.02. The van der Waals surface area contributed by atoms with E-state index in [9.17, 15) is 9.90 Å². The van der Waals surface area contributed by atoms with Crippen LogP contribution in [0.5, 0.6) is 17.2 Å². The predicted molar refractivity (Wildman–Crippen MR) is 98.7 cm³/mol. The van der Waals surface area contributed by atoms with Gasteiger partial charge in [-0.05, 0) is 29.8 Å². The number of hydrogen-bond donors (Lipinski definition) is 1. The third-order valence-electron chi connectivity index (χ3n) is 4.44. The van der Waals surface area contributed by atoms with Gasteiger partial charge in [0.1, 0.15) is 17.2 Å². The SMILES string of the molecule is CCC(=O)N1N=C(c2ccccc2O)CC1c1cc(OC)cc(OC)c1. The Kier molecular flexibility index (Phi) is 5.11. The van der Waals surface area contributed by atoms with Gasteiger partial charge in [-0.25, -0.2) is 5.01 Å². The number of amides is 1. The number of para-hydroxylation sites is 1. The second-order valence-corrected chi connectivity index (χ2v) is 6.02. The first-order chi connectivity index (χ1) is 12.6. The molecular formula is C20H22N2O4. The lowest BCUT2D eigenvalue weighted by Gasteiger charge is -2.22. The second-order valence-electron chi connectivity index (χ2n) is 6.02. The predicted octanol–water partition coefficient (Wildman–Crippen LogP) is 3.50. The Balaban J connectivity index is 2.02. The first-order valence-corrected chi connectivity index (χ1v) is 8.48. The molecule has 1 heterocycles. The normalized spacial score (nSPS) is 16.3. The van der Waals surface area contributed by atoms with Gasteiger partial charge in [0.05, 0.1) is 26.0 Å². The second kappa shape index (κ2) is 7.47. The van der Waals surface area contributed by atoms with Crippen molar-refractivity contribution < 1.29 is 19.4 Å². The van der Waals surface area contributed by atoms with Gasteiger partial charge in [0, 0.05) is 24.5 Å². The number of carbonyl (C=O) groups excluding carboxylic acids is 1. The lowest BCUT2D eigenvalue weighted by molar-refractivity contribution is -0.132. The zero-order chi connectivity index (χ0) is 18.7. The van der Waals surface area contributed by atoms with Crippen molar-refractivity contribution in [2.24, 2.45) is 5.10 Å². The van der Waals surface area contributed by atoms with Crippen molar-refractivity contribution in [3.8, 4) is 17.2 Å². The molecular weight excluding hydrogens is 332 g/mol. The summed E-state index contributed by atoms with van der Waals surface area (Å²) in [6.45, 7) is 1.80. The highest BCUT2D eigenvalue weighted by Gasteiger charge is 2.33. The molecule has 1 aliphatic heterocycles. The number of nitrogens with zero attached hydrogens (tertiary/aromatic N) is 2. The summed E-state index contributed by atoms with van der Waals surface area (Å²) >= 11 is 0. The summed E-state index contributed by atoms with van der Waals surface area (Å²) in [5.41, 5.74) is 2.19. The van der Waals surface area contributed by atoms with E-state index in [-0.39, 0.29) is 17.7 Å². The molecule has 1 aliphatic rings. The third-order valence-corrected chi connectivity index (χ3v) is 4.44. The maximum Gasteiger partial charge on any atom is 0.242 e. The fraction of sp³-hybridized carbons (Fsp3) is 0.300. The fourth-order valence-corrected chi connectivity index (χ4v) is 3.06. The number of methoxy groups -OCH3 is 2. The van der Waals surface area contributed by atoms with Crippen LogP contribution in [0, 0.1) is 0 Å². The number of carbonyl (C=O) groups is 1. The van der Waals surface area contributed by atoms with Crippen LogP contribution in [0.15, 0.2) is 47.6 Å². The van der Waals surface area contributed by atoms with Gasteiger partial charge in [-0.3, -0.25) is 4.79 Å². The molecule has 0 fully saturated rings. The van der Waals surface area contributed by atoms with Crippen LogP contribution in [0.4, 0.5) is 0 Å². The summed E-state index contributed by atoms with van der Waals surface area (Å²) in [5.74, 6) is 1.37. The molecule has 1 unspecified atom stereocenters. The molecule has 136 valence electrons. The minimum Gasteiger partial charge on any atom is -0.507 e. The smallest absolute Gasteiger partial charge is 0.242 e. The zero-order valence-electron chi connectivity index (χ0n) is 15.1. The van der Waals surface area contributed by atoms with Crippen LogP contribution in [0.25, 0.3) is 0 Å². The number of hydrazone groups is 1. The molecule has 2 aromatic rings. The molecule has 6 nitrogen and oxygen atoms in total. The lowest BCUT2D eigenvalue weighted by atomic mass is 9.97. The van der Waals surface area contributed by atoms with Gasteiger partial charge >= 0.3 is 0 Å². The molecule has 0 saturated carbocycles. The molecule has 0 saturated heterocycles. The van der Waals surface area contributed by atoms with Gasteiger partial charge < -0.3 is 14.6 Å². The van der Waals surface area contributed by atoms with Crippen molar-refractivity contribution in [1.29, 1.82) is 0 Å². The fourth-order valence-electron chi connectivity index (χ4n) is 3.06. The highest BCUT2D eigenvalue weighted by Crippen LogP contribution is 2.37. The van der Waals surface area contributed by atoms with Crippen LogP contribution < -0.4 is 9.47 Å². The Morgan fingerprint density at radius 1 is 1.19 bits per heavy atom. The molecule has 0 spiro atoms. The molecule has 1 N–H and O–H groups in total. The van der Waals surface area contributed by atoms with E-state index < -0.39 is 0 Å². The minimum atomic E-state index is -0.277. The first kappa shape index (κ1) is 17.8. The van der Waals surface area contributed by atoms with Crippen molar-refractivity contribution in [3.63, 3.8) is 0 Å². The van der Waals surface area contributed by atoms with Gasteiger partial charge in [0.25, 0.3) is 0 Å². The van der Waals surface area contributed by atoms with Crippen LogP contribution in [-0.2, 0) is 4.79 Å². The van der Waals surface area contributed by atoms with Gasteiger partial charge in [0.15, 0.2) is 0 Å². The monoisotopic (exact) mass is 354 g/mol. The molecule has 0 aromatic heterocycles. The highest BCUT2D eigenvalue weighted by atomic mass is 16.5. The number of benzene rings is 2. The number of phenolic OH excluding ortho intramolecular Hbond substituents is 1. The van der Waals surface area contributed by atoms with E-state index in [0.29, 0.717) is 35.6 Å². The summed E-state index contributed by atoms with van der Waals surface area (Å²) in [6, 6.07) is 12.3. The van der Waals surface area contributed by atoms with Gasteiger partial charge in [0.2, 0.25) is 5.91 Å². The Morgan fingerprint density at radius 2 is 1.85 bits per heavy atom. The Labute approximate surface area is 152 Å². The Bertz CT molecular complexity index is 825. The average molecular weight is 354 g/mol. The Morgan fingerprint density at radius 3 is 2.42 bits per heavy atom. The molecule has 26 heavy (non-hydrogen) atoms. The molecule has 0 bridgehead atoms. The summed E-state index contributed by atoms with van der Waals surface area (Å²) in [4.78, 5) is 12.5. The van der Waals surface area contributed by atoms with Crippen LogP contribution in [0.2, 0.25) is 0 Å². The zero-order valence-corrected chi connectivity index (χ0v) is 15.1. The summed E-state index contributed by atoms with van der Waals surface area (Å²) < 4.78 is 10.7.